The number of aryl methyl sites for hydroxylation is 1. The lowest BCUT2D eigenvalue weighted by atomic mass is 9.88. The van der Waals surface area contributed by atoms with Crippen LogP contribution in [0, 0.1) is 12.3 Å². The number of hydrogen-bond donors (Lipinski definition) is 2. The minimum absolute atomic E-state index is 0.453. The first kappa shape index (κ1) is 13.2. The number of benzene rings is 1. The van der Waals surface area contributed by atoms with E-state index in [0.717, 1.165) is 11.1 Å². The van der Waals surface area contributed by atoms with Gasteiger partial charge in [-0.1, -0.05) is 11.6 Å². The Hall–Kier alpha value is -1.26. The monoisotopic (exact) mass is 269 g/mol. The van der Waals surface area contributed by atoms with Crippen molar-refractivity contribution in [2.45, 2.75) is 25.8 Å². The van der Waals surface area contributed by atoms with Crippen molar-refractivity contribution in [3.63, 3.8) is 0 Å². The molecule has 1 aliphatic carbocycles. The van der Waals surface area contributed by atoms with Crippen molar-refractivity contribution in [3.8, 4) is 5.75 Å². The van der Waals surface area contributed by atoms with Crippen molar-refractivity contribution in [1.82, 2.24) is 0 Å². The van der Waals surface area contributed by atoms with Crippen molar-refractivity contribution >= 4 is 17.6 Å². The molecule has 1 atom stereocenters. The fourth-order valence-electron chi connectivity index (χ4n) is 2.25. The summed E-state index contributed by atoms with van der Waals surface area (Å²) in [5.41, 5.74) is 6.98. The van der Waals surface area contributed by atoms with Gasteiger partial charge in [-0.05, 0) is 43.0 Å². The van der Waals surface area contributed by atoms with E-state index in [9.17, 15) is 9.90 Å². The number of ether oxygens (including phenoxy) is 1. The predicted octanol–water partition coefficient (Wildman–Crippen LogP) is 2.52. The zero-order chi connectivity index (χ0) is 13.5. The van der Waals surface area contributed by atoms with Gasteiger partial charge in [-0.25, -0.2) is 0 Å². The van der Waals surface area contributed by atoms with Crippen molar-refractivity contribution in [2.75, 3.05) is 7.11 Å². The minimum Gasteiger partial charge on any atom is -0.495 e. The highest BCUT2D eigenvalue weighted by atomic mass is 35.5. The van der Waals surface area contributed by atoms with Crippen molar-refractivity contribution < 1.29 is 14.6 Å². The number of rotatable bonds is 4. The number of methoxy groups -OCH3 is 1. The van der Waals surface area contributed by atoms with Gasteiger partial charge >= 0.3 is 5.97 Å². The SMILES string of the molecule is COc1cc(C)c(C(N)C2(C(=O)O)CC2)cc1Cl. The second-order valence-corrected chi connectivity index (χ2v) is 5.19. The molecule has 1 aromatic rings. The van der Waals surface area contributed by atoms with Gasteiger partial charge in [0.25, 0.3) is 0 Å². The summed E-state index contributed by atoms with van der Waals surface area (Å²) in [6.07, 6.45) is 1.24. The van der Waals surface area contributed by atoms with E-state index in [4.69, 9.17) is 22.1 Å². The summed E-state index contributed by atoms with van der Waals surface area (Å²) < 4.78 is 5.12. The van der Waals surface area contributed by atoms with E-state index in [1.165, 1.54) is 0 Å². The zero-order valence-corrected chi connectivity index (χ0v) is 11.1. The third-order valence-corrected chi connectivity index (χ3v) is 3.98. The lowest BCUT2D eigenvalue weighted by molar-refractivity contribution is -0.144. The molecule has 0 amide bonds. The summed E-state index contributed by atoms with van der Waals surface area (Å²) in [5, 5.41) is 9.71. The number of carboxylic acids is 1. The third kappa shape index (κ3) is 1.95. The Bertz CT molecular complexity index is 497. The van der Waals surface area contributed by atoms with Crippen molar-refractivity contribution in [2.24, 2.45) is 11.1 Å². The summed E-state index contributed by atoms with van der Waals surface area (Å²) in [6, 6.07) is 2.97. The van der Waals surface area contributed by atoms with E-state index in [2.05, 4.69) is 0 Å². The maximum Gasteiger partial charge on any atom is 0.311 e. The number of carboxylic acid groups (broad SMARTS) is 1. The number of halogens is 1. The molecule has 5 heteroatoms. The molecular weight excluding hydrogens is 254 g/mol. The molecule has 3 N–H and O–H groups in total. The van der Waals surface area contributed by atoms with Crippen LogP contribution < -0.4 is 10.5 Å². The van der Waals surface area contributed by atoms with Crippen LogP contribution in [0.3, 0.4) is 0 Å². The molecule has 2 rings (SSSR count). The minimum atomic E-state index is -0.832. The number of hydrogen-bond acceptors (Lipinski definition) is 3. The van der Waals surface area contributed by atoms with E-state index < -0.39 is 17.4 Å². The van der Waals surface area contributed by atoms with Crippen molar-refractivity contribution in [3.05, 3.63) is 28.3 Å². The molecule has 0 spiro atoms. The van der Waals surface area contributed by atoms with Gasteiger partial charge in [0.2, 0.25) is 0 Å². The van der Waals surface area contributed by atoms with E-state index in [1.807, 2.05) is 6.92 Å². The fraction of sp³-hybridized carbons (Fsp3) is 0.462. The van der Waals surface area contributed by atoms with Crippen LogP contribution >= 0.6 is 11.6 Å². The lowest BCUT2D eigenvalue weighted by Gasteiger charge is -2.22. The molecule has 0 aromatic heterocycles. The highest BCUT2D eigenvalue weighted by molar-refractivity contribution is 6.32. The van der Waals surface area contributed by atoms with Crippen LogP contribution in [0.5, 0.6) is 5.75 Å². The smallest absolute Gasteiger partial charge is 0.311 e. The van der Waals surface area contributed by atoms with Gasteiger partial charge in [0.15, 0.2) is 0 Å². The zero-order valence-electron chi connectivity index (χ0n) is 10.4. The van der Waals surface area contributed by atoms with Crippen LogP contribution in [0.1, 0.15) is 30.0 Å². The Morgan fingerprint density at radius 1 is 1.56 bits per heavy atom. The van der Waals surface area contributed by atoms with E-state index in [0.29, 0.717) is 23.6 Å². The molecule has 1 saturated carbocycles. The highest BCUT2D eigenvalue weighted by Crippen LogP contribution is 2.54. The summed E-state index contributed by atoms with van der Waals surface area (Å²) >= 11 is 6.07. The molecule has 1 fully saturated rings. The summed E-state index contributed by atoms with van der Waals surface area (Å²) in [6.45, 7) is 1.88. The number of carbonyl (C=O) groups is 1. The van der Waals surface area contributed by atoms with Crippen LogP contribution in [0.15, 0.2) is 12.1 Å². The second-order valence-electron chi connectivity index (χ2n) is 4.78. The molecule has 1 aromatic carbocycles. The van der Waals surface area contributed by atoms with E-state index >= 15 is 0 Å². The van der Waals surface area contributed by atoms with E-state index in [1.54, 1.807) is 19.2 Å². The molecule has 1 unspecified atom stereocenters. The number of nitrogens with two attached hydrogens (primary N) is 1. The van der Waals surface area contributed by atoms with Gasteiger partial charge in [-0.3, -0.25) is 4.79 Å². The number of aliphatic carboxylic acids is 1. The molecule has 4 nitrogen and oxygen atoms in total. The molecule has 98 valence electrons. The van der Waals surface area contributed by atoms with Crippen LogP contribution in [0.2, 0.25) is 5.02 Å². The Kier molecular flexibility index (Phi) is 3.25. The largest absolute Gasteiger partial charge is 0.495 e. The summed E-state index contributed by atoms with van der Waals surface area (Å²) in [4.78, 5) is 11.3. The van der Waals surface area contributed by atoms with Crippen molar-refractivity contribution in [1.29, 1.82) is 0 Å². The Morgan fingerprint density at radius 2 is 2.17 bits per heavy atom. The predicted molar refractivity (Wildman–Crippen MR) is 69.0 cm³/mol. The molecule has 0 bridgehead atoms. The van der Waals surface area contributed by atoms with Gasteiger partial charge in [-0.15, -0.1) is 0 Å². The lowest BCUT2D eigenvalue weighted by Crippen LogP contribution is -2.30. The molecule has 0 radical (unpaired) electrons. The Labute approximate surface area is 111 Å². The van der Waals surface area contributed by atoms with Crippen LogP contribution in [-0.4, -0.2) is 18.2 Å². The fourth-order valence-corrected chi connectivity index (χ4v) is 2.50. The van der Waals surface area contributed by atoms with Crippen LogP contribution in [0.4, 0.5) is 0 Å². The standard InChI is InChI=1S/C13H16ClNO3/c1-7-5-10(18-2)9(14)6-8(7)11(15)13(3-4-13)12(16)17/h5-6,11H,3-4,15H2,1-2H3,(H,16,17). The average Bonchev–Trinajstić information content (AvgIpc) is 3.12. The first-order valence-electron chi connectivity index (χ1n) is 5.75. The van der Waals surface area contributed by atoms with Gasteiger partial charge in [0.05, 0.1) is 17.5 Å². The normalized spacial score (nSPS) is 18.2. The second kappa shape index (κ2) is 4.44. The summed E-state index contributed by atoms with van der Waals surface area (Å²) in [7, 11) is 1.54. The third-order valence-electron chi connectivity index (χ3n) is 3.69. The van der Waals surface area contributed by atoms with E-state index in [-0.39, 0.29) is 0 Å². The van der Waals surface area contributed by atoms with Gasteiger partial charge in [0, 0.05) is 6.04 Å². The maximum absolute atomic E-state index is 11.3. The van der Waals surface area contributed by atoms with Gasteiger partial charge < -0.3 is 15.6 Å². The quantitative estimate of drug-likeness (QED) is 0.881. The Morgan fingerprint density at radius 3 is 2.61 bits per heavy atom. The van der Waals surface area contributed by atoms with Gasteiger partial charge in [-0.2, -0.15) is 0 Å². The van der Waals surface area contributed by atoms with Crippen LogP contribution in [-0.2, 0) is 4.79 Å². The molecule has 18 heavy (non-hydrogen) atoms. The molecule has 0 aliphatic heterocycles. The molecular formula is C13H16ClNO3. The molecule has 0 saturated heterocycles. The van der Waals surface area contributed by atoms with Crippen LogP contribution in [0.25, 0.3) is 0 Å². The molecule has 0 heterocycles. The first-order chi connectivity index (χ1) is 8.42. The highest BCUT2D eigenvalue weighted by Gasteiger charge is 2.55. The summed E-state index contributed by atoms with van der Waals surface area (Å²) in [5.74, 6) is -0.258. The maximum atomic E-state index is 11.3. The van der Waals surface area contributed by atoms with Gasteiger partial charge in [0.1, 0.15) is 5.75 Å². The molecule has 1 aliphatic rings. The Balaban J connectivity index is 2.40. The average molecular weight is 270 g/mol. The topological polar surface area (TPSA) is 72.5 Å². The first-order valence-corrected chi connectivity index (χ1v) is 6.13.